The van der Waals surface area contributed by atoms with E-state index in [1.165, 1.54) is 22.9 Å². The monoisotopic (exact) mass is 414 g/mol. The lowest BCUT2D eigenvalue weighted by atomic mass is 10.2. The first-order valence-corrected chi connectivity index (χ1v) is 9.34. The Balaban J connectivity index is 1.69. The molecule has 0 bridgehead atoms. The molecule has 0 fully saturated rings. The van der Waals surface area contributed by atoms with Gasteiger partial charge in [-0.25, -0.2) is 4.68 Å². The zero-order valence-electron chi connectivity index (χ0n) is 15.6. The summed E-state index contributed by atoms with van der Waals surface area (Å²) in [4.78, 5) is 22.8. The van der Waals surface area contributed by atoms with Crippen molar-refractivity contribution in [1.82, 2.24) is 14.9 Å². The maximum Gasteiger partial charge on any atom is 0.271 e. The molecule has 10 nitrogen and oxygen atoms in total. The first kappa shape index (κ1) is 20.1. The van der Waals surface area contributed by atoms with Crippen LogP contribution in [-0.2, 0) is 4.79 Å². The Bertz CT molecular complexity index is 1040. The van der Waals surface area contributed by atoms with Crippen LogP contribution in [-0.4, -0.2) is 38.1 Å². The lowest BCUT2D eigenvalue weighted by Gasteiger charge is -2.11. The van der Waals surface area contributed by atoms with Crippen LogP contribution in [0.3, 0.4) is 0 Å². The molecule has 0 spiro atoms. The van der Waals surface area contributed by atoms with E-state index in [2.05, 4.69) is 15.5 Å². The van der Waals surface area contributed by atoms with Crippen molar-refractivity contribution in [1.29, 1.82) is 0 Å². The zero-order valence-corrected chi connectivity index (χ0v) is 16.4. The van der Waals surface area contributed by atoms with Crippen molar-refractivity contribution in [2.75, 3.05) is 18.3 Å². The molecule has 2 aromatic carbocycles. The number of benzene rings is 2. The van der Waals surface area contributed by atoms with Crippen LogP contribution in [0.2, 0.25) is 0 Å². The number of nitrogens with zero attached hydrogens (tertiary/aromatic N) is 4. The summed E-state index contributed by atoms with van der Waals surface area (Å²) >= 11 is 1.12. The molecule has 0 radical (unpaired) electrons. The Labute approximate surface area is 170 Å². The molecular weight excluding hydrogens is 396 g/mol. The van der Waals surface area contributed by atoms with Crippen LogP contribution >= 0.6 is 11.8 Å². The molecule has 0 aliphatic heterocycles. The number of methoxy groups -OCH3 is 1. The summed E-state index contributed by atoms with van der Waals surface area (Å²) in [5.41, 5.74) is 0.986. The number of nitrogens with two attached hydrogens (primary N) is 1. The molecule has 0 aliphatic rings. The average Bonchev–Trinajstić information content (AvgIpc) is 3.08. The zero-order chi connectivity index (χ0) is 21.0. The van der Waals surface area contributed by atoms with Crippen LogP contribution in [0.25, 0.3) is 11.4 Å². The van der Waals surface area contributed by atoms with Crippen LogP contribution in [0.5, 0.6) is 5.75 Å². The smallest absolute Gasteiger partial charge is 0.271 e. The van der Waals surface area contributed by atoms with Crippen molar-refractivity contribution < 1.29 is 14.5 Å². The van der Waals surface area contributed by atoms with Crippen molar-refractivity contribution in [2.24, 2.45) is 0 Å². The number of ether oxygens (including phenoxy) is 1. The fourth-order valence-corrected chi connectivity index (χ4v) is 3.22. The van der Waals surface area contributed by atoms with E-state index in [1.807, 2.05) is 0 Å². The van der Waals surface area contributed by atoms with Crippen LogP contribution in [0.15, 0.2) is 53.7 Å². The van der Waals surface area contributed by atoms with Crippen molar-refractivity contribution >= 4 is 29.0 Å². The summed E-state index contributed by atoms with van der Waals surface area (Å²) < 4.78 is 6.44. The third-order valence-electron chi connectivity index (χ3n) is 3.99. The molecule has 11 heteroatoms. The minimum Gasteiger partial charge on any atom is -0.497 e. The second kappa shape index (κ2) is 8.61. The van der Waals surface area contributed by atoms with E-state index in [4.69, 9.17) is 10.6 Å². The number of amides is 1. The van der Waals surface area contributed by atoms with Crippen molar-refractivity contribution in [2.45, 2.75) is 17.3 Å². The molecule has 3 rings (SSSR count). The highest BCUT2D eigenvalue weighted by molar-refractivity contribution is 8.00. The summed E-state index contributed by atoms with van der Waals surface area (Å²) in [6, 6.07) is 12.9. The van der Waals surface area contributed by atoms with E-state index in [0.29, 0.717) is 22.4 Å². The number of nitro groups is 1. The molecule has 3 aromatic rings. The van der Waals surface area contributed by atoms with Crippen LogP contribution in [0, 0.1) is 10.1 Å². The third-order valence-corrected chi connectivity index (χ3v) is 5.05. The second-order valence-corrected chi connectivity index (χ2v) is 7.27. The summed E-state index contributed by atoms with van der Waals surface area (Å²) in [5.74, 6) is 6.90. The van der Waals surface area contributed by atoms with Gasteiger partial charge in [0.15, 0.2) is 5.82 Å². The molecular formula is C18H18N6O4S. The van der Waals surface area contributed by atoms with Gasteiger partial charge in [0.1, 0.15) is 5.75 Å². The van der Waals surface area contributed by atoms with Gasteiger partial charge in [0.05, 0.1) is 17.3 Å². The summed E-state index contributed by atoms with van der Waals surface area (Å²) in [7, 11) is 1.58. The molecule has 0 aliphatic carbocycles. The number of nitro benzene ring substituents is 1. The third kappa shape index (κ3) is 4.63. The van der Waals surface area contributed by atoms with Gasteiger partial charge in [0.2, 0.25) is 11.1 Å². The highest BCUT2D eigenvalue weighted by Gasteiger charge is 2.20. The number of carbonyl (C=O) groups excluding carboxylic acids is 1. The highest BCUT2D eigenvalue weighted by atomic mass is 32.2. The fourth-order valence-electron chi connectivity index (χ4n) is 2.45. The predicted octanol–water partition coefficient (Wildman–Crippen LogP) is 2.70. The van der Waals surface area contributed by atoms with Crippen molar-refractivity contribution in [3.8, 4) is 17.1 Å². The molecule has 150 valence electrons. The van der Waals surface area contributed by atoms with E-state index >= 15 is 0 Å². The van der Waals surface area contributed by atoms with E-state index in [9.17, 15) is 14.9 Å². The van der Waals surface area contributed by atoms with Gasteiger partial charge in [-0.1, -0.05) is 17.8 Å². The van der Waals surface area contributed by atoms with Gasteiger partial charge in [-0.2, -0.15) is 0 Å². The van der Waals surface area contributed by atoms with Crippen molar-refractivity contribution in [3.05, 3.63) is 58.6 Å². The van der Waals surface area contributed by atoms with Crippen LogP contribution in [0.1, 0.15) is 6.92 Å². The number of nitrogen functional groups attached to an aromatic ring is 1. The quantitative estimate of drug-likeness (QED) is 0.260. The van der Waals surface area contributed by atoms with Gasteiger partial charge in [-0.3, -0.25) is 14.9 Å². The first-order valence-electron chi connectivity index (χ1n) is 8.46. The summed E-state index contributed by atoms with van der Waals surface area (Å²) in [6.07, 6.45) is 0. The van der Waals surface area contributed by atoms with Crippen LogP contribution < -0.4 is 15.9 Å². The van der Waals surface area contributed by atoms with E-state index in [0.717, 1.165) is 17.3 Å². The first-order chi connectivity index (χ1) is 13.9. The van der Waals surface area contributed by atoms with E-state index in [1.54, 1.807) is 44.4 Å². The SMILES string of the molecule is COc1ccc(-c2nnc(SC(C)C(=O)Nc3cccc([N+](=O)[O-])c3)n2N)cc1. The molecule has 3 N–H and O–H groups in total. The normalized spacial score (nSPS) is 11.7. The maximum atomic E-state index is 12.4. The number of aromatic nitrogens is 3. The Morgan fingerprint density at radius 2 is 2.00 bits per heavy atom. The van der Waals surface area contributed by atoms with Gasteiger partial charge in [0, 0.05) is 23.4 Å². The molecule has 1 aromatic heterocycles. The number of rotatable bonds is 7. The number of non-ortho nitro benzene ring substituents is 1. The number of hydrogen-bond donors (Lipinski definition) is 2. The van der Waals surface area contributed by atoms with E-state index < -0.39 is 10.2 Å². The maximum absolute atomic E-state index is 12.4. The van der Waals surface area contributed by atoms with Gasteiger partial charge < -0.3 is 15.9 Å². The molecule has 29 heavy (non-hydrogen) atoms. The number of nitrogens with one attached hydrogen (secondary N) is 1. The highest BCUT2D eigenvalue weighted by Crippen LogP contribution is 2.27. The lowest BCUT2D eigenvalue weighted by molar-refractivity contribution is -0.384. The predicted molar refractivity (Wildman–Crippen MR) is 109 cm³/mol. The fraction of sp³-hybridized carbons (Fsp3) is 0.167. The van der Waals surface area contributed by atoms with Gasteiger partial charge in [-0.05, 0) is 37.3 Å². The number of hydrogen-bond acceptors (Lipinski definition) is 8. The molecule has 1 heterocycles. The molecule has 1 atom stereocenters. The number of carbonyl (C=O) groups is 1. The lowest BCUT2D eigenvalue weighted by Crippen LogP contribution is -2.23. The van der Waals surface area contributed by atoms with Crippen LogP contribution in [0.4, 0.5) is 11.4 Å². The Morgan fingerprint density at radius 3 is 2.66 bits per heavy atom. The Kier molecular flexibility index (Phi) is 5.98. The molecule has 0 saturated carbocycles. The standard InChI is InChI=1S/C18H18N6O4S/c1-11(17(25)20-13-4-3-5-14(10-13)24(26)27)29-18-22-21-16(23(18)19)12-6-8-15(28-2)9-7-12/h3-11H,19H2,1-2H3,(H,20,25). The summed E-state index contributed by atoms with van der Waals surface area (Å²) in [6.45, 7) is 1.68. The molecule has 1 amide bonds. The van der Waals surface area contributed by atoms with Gasteiger partial charge in [0.25, 0.3) is 5.69 Å². The largest absolute Gasteiger partial charge is 0.497 e. The second-order valence-electron chi connectivity index (χ2n) is 5.96. The Hall–Kier alpha value is -3.60. The van der Waals surface area contributed by atoms with Gasteiger partial charge in [-0.15, -0.1) is 10.2 Å². The Morgan fingerprint density at radius 1 is 1.28 bits per heavy atom. The topological polar surface area (TPSA) is 138 Å². The minimum absolute atomic E-state index is 0.103. The van der Waals surface area contributed by atoms with Crippen molar-refractivity contribution in [3.63, 3.8) is 0 Å². The number of anilines is 1. The average molecular weight is 414 g/mol. The molecule has 1 unspecified atom stereocenters. The minimum atomic E-state index is -0.565. The van der Waals surface area contributed by atoms with Gasteiger partial charge >= 0.3 is 0 Å². The molecule has 0 saturated heterocycles. The summed E-state index contributed by atoms with van der Waals surface area (Å²) in [5, 5.41) is 21.4. The number of thioether (sulfide) groups is 1. The van der Waals surface area contributed by atoms with E-state index in [-0.39, 0.29) is 11.6 Å².